The van der Waals surface area contributed by atoms with Gasteiger partial charge in [-0.25, -0.2) is 4.98 Å². The van der Waals surface area contributed by atoms with E-state index in [-0.39, 0.29) is 23.9 Å². The Morgan fingerprint density at radius 2 is 1.92 bits per heavy atom. The molecule has 2 aliphatic rings. The molecule has 198 valence electrons. The van der Waals surface area contributed by atoms with Crippen LogP contribution in [-0.4, -0.2) is 63.3 Å². The lowest BCUT2D eigenvalue weighted by Gasteiger charge is -2.39. The number of rotatable bonds is 5. The topological polar surface area (TPSA) is 89.5 Å². The summed E-state index contributed by atoms with van der Waals surface area (Å²) in [5.41, 5.74) is 5.56. The Bertz CT molecular complexity index is 1460. The van der Waals surface area contributed by atoms with E-state index in [1.54, 1.807) is 0 Å². The van der Waals surface area contributed by atoms with Crippen LogP contribution in [0.25, 0.3) is 22.2 Å². The van der Waals surface area contributed by atoms with Crippen LogP contribution in [-0.2, 0) is 4.79 Å². The molecule has 2 aliphatic heterocycles. The molecule has 0 saturated carbocycles. The van der Waals surface area contributed by atoms with E-state index < -0.39 is 0 Å². The van der Waals surface area contributed by atoms with E-state index in [1.807, 2.05) is 64.0 Å². The molecule has 0 radical (unpaired) electrons. The lowest BCUT2D eigenvalue weighted by molar-refractivity contribution is -0.135. The molecule has 1 atom stereocenters. The van der Waals surface area contributed by atoms with Crippen LogP contribution in [0.5, 0.6) is 5.75 Å². The number of aromatic nitrogens is 4. The molecule has 0 aliphatic carbocycles. The molecule has 3 aromatic heterocycles. The number of hydrogen-bond donors (Lipinski definition) is 0. The van der Waals surface area contributed by atoms with E-state index in [9.17, 15) is 4.79 Å². The number of nitrogens with zero attached hydrogens (tertiary/aromatic N) is 6. The highest BCUT2D eigenvalue weighted by Gasteiger charge is 2.35. The second-order valence-corrected chi connectivity index (χ2v) is 10.7. The van der Waals surface area contributed by atoms with Gasteiger partial charge in [-0.1, -0.05) is 25.1 Å². The van der Waals surface area contributed by atoms with Crippen molar-refractivity contribution in [3.63, 3.8) is 0 Å². The number of piperidine rings is 1. The fraction of sp³-hybridized carbons (Fsp3) is 0.448. The SMILES string of the molecule is Cc1noc(C)c1-c1ccc2nc(N3CCC(N(C)C(=O)C(C)C)CC3)n3c2c1OCC3c1ccccn1. The Morgan fingerprint density at radius 1 is 1.13 bits per heavy atom. The highest BCUT2D eigenvalue weighted by atomic mass is 16.5. The summed E-state index contributed by atoms with van der Waals surface area (Å²) in [4.78, 5) is 26.7. The minimum atomic E-state index is -0.105. The monoisotopic (exact) mass is 514 g/mol. The molecule has 9 heteroatoms. The van der Waals surface area contributed by atoms with Crippen molar-refractivity contribution >= 4 is 22.9 Å². The first-order chi connectivity index (χ1) is 18.3. The van der Waals surface area contributed by atoms with Gasteiger partial charge < -0.3 is 19.1 Å². The molecule has 5 heterocycles. The van der Waals surface area contributed by atoms with Crippen molar-refractivity contribution in [2.75, 3.05) is 31.6 Å². The number of imidazole rings is 1. The van der Waals surface area contributed by atoms with Crippen LogP contribution in [0.4, 0.5) is 5.95 Å². The van der Waals surface area contributed by atoms with Crippen molar-refractivity contribution in [2.24, 2.45) is 5.92 Å². The predicted molar refractivity (Wildman–Crippen MR) is 145 cm³/mol. The molecule has 1 unspecified atom stereocenters. The quantitative estimate of drug-likeness (QED) is 0.379. The highest BCUT2D eigenvalue weighted by molar-refractivity contribution is 5.94. The van der Waals surface area contributed by atoms with E-state index in [0.29, 0.717) is 6.61 Å². The number of carbonyl (C=O) groups excluding carboxylic acids is 1. The third kappa shape index (κ3) is 3.92. The van der Waals surface area contributed by atoms with Crippen LogP contribution < -0.4 is 9.64 Å². The van der Waals surface area contributed by atoms with Crippen molar-refractivity contribution in [2.45, 2.75) is 52.6 Å². The second-order valence-electron chi connectivity index (χ2n) is 10.7. The molecule has 1 aromatic carbocycles. The first-order valence-electron chi connectivity index (χ1n) is 13.4. The van der Waals surface area contributed by atoms with Crippen LogP contribution in [0, 0.1) is 19.8 Å². The molecule has 38 heavy (non-hydrogen) atoms. The van der Waals surface area contributed by atoms with Gasteiger partial charge in [-0.2, -0.15) is 0 Å². The molecule has 1 amide bonds. The van der Waals surface area contributed by atoms with Crippen molar-refractivity contribution in [3.8, 4) is 16.9 Å². The van der Waals surface area contributed by atoms with Gasteiger partial charge in [0.15, 0.2) is 5.75 Å². The number of anilines is 1. The van der Waals surface area contributed by atoms with Crippen LogP contribution in [0.2, 0.25) is 0 Å². The third-order valence-corrected chi connectivity index (χ3v) is 7.95. The van der Waals surface area contributed by atoms with Gasteiger partial charge in [0.05, 0.1) is 22.5 Å². The molecule has 6 rings (SSSR count). The van der Waals surface area contributed by atoms with Gasteiger partial charge in [0.25, 0.3) is 0 Å². The normalized spacial score (nSPS) is 17.7. The standard InChI is InChI=1S/C29H34N6O3/c1-17(2)28(36)33(5)20-11-14-34(15-12-20)29-31-23-10-9-21(25-18(3)32-38-19(25)4)27-26(23)35(29)24(16-37-27)22-8-6-7-13-30-22/h6-10,13,17,20,24H,11-12,14-16H2,1-5H3. The lowest BCUT2D eigenvalue weighted by Crippen LogP contribution is -2.47. The molecular weight excluding hydrogens is 480 g/mol. The molecular formula is C29H34N6O3. The summed E-state index contributed by atoms with van der Waals surface area (Å²) in [5, 5.41) is 4.17. The average molecular weight is 515 g/mol. The summed E-state index contributed by atoms with van der Waals surface area (Å²) in [6.07, 6.45) is 3.63. The van der Waals surface area contributed by atoms with Gasteiger partial charge in [-0.3, -0.25) is 14.3 Å². The molecule has 0 bridgehead atoms. The largest absolute Gasteiger partial charge is 0.488 e. The molecule has 0 spiro atoms. The van der Waals surface area contributed by atoms with Crippen LogP contribution in [0.1, 0.15) is 49.9 Å². The Morgan fingerprint density at radius 3 is 2.58 bits per heavy atom. The minimum absolute atomic E-state index is 0.00420. The van der Waals surface area contributed by atoms with Crippen molar-refractivity contribution in [3.05, 3.63) is 53.7 Å². The van der Waals surface area contributed by atoms with Gasteiger partial charge in [-0.15, -0.1) is 0 Å². The maximum absolute atomic E-state index is 12.6. The highest BCUT2D eigenvalue weighted by Crippen LogP contribution is 2.46. The summed E-state index contributed by atoms with van der Waals surface area (Å²) in [5.74, 6) is 2.70. The van der Waals surface area contributed by atoms with Crippen LogP contribution >= 0.6 is 0 Å². The van der Waals surface area contributed by atoms with Crippen LogP contribution in [0.15, 0.2) is 41.1 Å². The predicted octanol–water partition coefficient (Wildman–Crippen LogP) is 4.77. The zero-order chi connectivity index (χ0) is 26.6. The van der Waals surface area contributed by atoms with Crippen molar-refractivity contribution < 1.29 is 14.1 Å². The first-order valence-corrected chi connectivity index (χ1v) is 13.4. The zero-order valence-electron chi connectivity index (χ0n) is 22.6. The van der Waals surface area contributed by atoms with Gasteiger partial charge >= 0.3 is 0 Å². The number of pyridine rings is 1. The zero-order valence-corrected chi connectivity index (χ0v) is 22.6. The van der Waals surface area contributed by atoms with E-state index in [2.05, 4.69) is 31.7 Å². The van der Waals surface area contributed by atoms with E-state index in [0.717, 1.165) is 76.9 Å². The summed E-state index contributed by atoms with van der Waals surface area (Å²) in [6.45, 7) is 9.91. The fourth-order valence-corrected chi connectivity index (χ4v) is 5.94. The Hall–Kier alpha value is -3.88. The minimum Gasteiger partial charge on any atom is -0.488 e. The third-order valence-electron chi connectivity index (χ3n) is 7.95. The second kappa shape index (κ2) is 9.45. The van der Waals surface area contributed by atoms with Gasteiger partial charge in [0.2, 0.25) is 11.9 Å². The molecule has 4 aromatic rings. The van der Waals surface area contributed by atoms with E-state index >= 15 is 0 Å². The lowest BCUT2D eigenvalue weighted by atomic mass is 10.0. The first kappa shape index (κ1) is 24.5. The van der Waals surface area contributed by atoms with Crippen molar-refractivity contribution in [1.29, 1.82) is 0 Å². The Labute approximate surface area is 222 Å². The van der Waals surface area contributed by atoms with Crippen LogP contribution in [0.3, 0.4) is 0 Å². The van der Waals surface area contributed by atoms with Crippen molar-refractivity contribution in [1.82, 2.24) is 24.6 Å². The summed E-state index contributed by atoms with van der Waals surface area (Å²) >= 11 is 0. The maximum atomic E-state index is 12.6. The smallest absolute Gasteiger partial charge is 0.225 e. The van der Waals surface area contributed by atoms with E-state index in [1.165, 1.54) is 0 Å². The van der Waals surface area contributed by atoms with Gasteiger partial charge in [0.1, 0.15) is 23.9 Å². The van der Waals surface area contributed by atoms with E-state index in [4.69, 9.17) is 14.2 Å². The number of aryl methyl sites for hydroxylation is 2. The Balaban J connectivity index is 1.43. The number of amides is 1. The molecule has 1 saturated heterocycles. The summed E-state index contributed by atoms with van der Waals surface area (Å²) in [6, 6.07) is 10.2. The molecule has 9 nitrogen and oxygen atoms in total. The summed E-state index contributed by atoms with van der Waals surface area (Å²) in [7, 11) is 1.94. The molecule has 1 fully saturated rings. The number of ether oxygens (including phenoxy) is 1. The maximum Gasteiger partial charge on any atom is 0.225 e. The number of hydrogen-bond acceptors (Lipinski definition) is 7. The van der Waals surface area contributed by atoms with Gasteiger partial charge in [-0.05, 0) is 51.0 Å². The fourth-order valence-electron chi connectivity index (χ4n) is 5.94. The number of carbonyl (C=O) groups is 1. The summed E-state index contributed by atoms with van der Waals surface area (Å²) < 4.78 is 14.3. The molecule has 0 N–H and O–H groups in total. The van der Waals surface area contributed by atoms with Gasteiger partial charge in [0, 0.05) is 43.9 Å². The number of benzene rings is 1. The Kier molecular flexibility index (Phi) is 6.08. The average Bonchev–Trinajstić information content (AvgIpc) is 3.49.